The van der Waals surface area contributed by atoms with Crippen molar-refractivity contribution in [1.29, 1.82) is 0 Å². The Bertz CT molecular complexity index is 935. The summed E-state index contributed by atoms with van der Waals surface area (Å²) in [4.78, 5) is 71.2. The number of aromatic hydroxyl groups is 1. The van der Waals surface area contributed by atoms with Crippen LogP contribution in [-0.2, 0) is 35.2 Å². The number of hydrogen-bond donors (Lipinski definition) is 8. The van der Waals surface area contributed by atoms with Crippen molar-refractivity contribution in [2.75, 3.05) is 0 Å². The number of phenols is 1. The molecular formula is C20H28N6O8. The Morgan fingerprint density at radius 1 is 0.824 bits per heavy atom. The van der Waals surface area contributed by atoms with Gasteiger partial charge in [0.15, 0.2) is 0 Å². The molecule has 0 spiro atoms. The molecule has 4 unspecified atom stereocenters. The summed E-state index contributed by atoms with van der Waals surface area (Å²) in [7, 11) is 0. The van der Waals surface area contributed by atoms with Gasteiger partial charge in [0, 0.05) is 6.42 Å². The number of carbonyl (C=O) groups excluding carboxylic acids is 5. The van der Waals surface area contributed by atoms with Crippen LogP contribution in [0.4, 0.5) is 0 Å². The quantitative estimate of drug-likeness (QED) is 0.139. The third-order valence-electron chi connectivity index (χ3n) is 4.53. The number of rotatable bonds is 13. The Balaban J connectivity index is 3.09. The third-order valence-corrected chi connectivity index (χ3v) is 4.53. The van der Waals surface area contributed by atoms with Crippen LogP contribution in [0.15, 0.2) is 24.3 Å². The summed E-state index contributed by atoms with van der Waals surface area (Å²) < 4.78 is 0. The van der Waals surface area contributed by atoms with Crippen molar-refractivity contribution < 1.29 is 39.0 Å². The van der Waals surface area contributed by atoms with Crippen molar-refractivity contribution in [2.24, 2.45) is 17.2 Å². The van der Waals surface area contributed by atoms with Gasteiger partial charge in [0.2, 0.25) is 29.5 Å². The predicted octanol–water partition coefficient (Wildman–Crippen LogP) is -3.43. The first-order chi connectivity index (χ1) is 15.8. The van der Waals surface area contributed by atoms with Gasteiger partial charge in [0.05, 0.1) is 18.9 Å². The monoisotopic (exact) mass is 480 g/mol. The minimum Gasteiger partial charge on any atom is -0.508 e. The minimum atomic E-state index is -1.55. The molecule has 1 aromatic carbocycles. The second kappa shape index (κ2) is 12.7. The number of carboxylic acids is 1. The average molecular weight is 480 g/mol. The van der Waals surface area contributed by atoms with Crippen LogP contribution in [0, 0.1) is 0 Å². The molecule has 186 valence electrons. The molecule has 0 aromatic heterocycles. The van der Waals surface area contributed by atoms with Crippen LogP contribution in [0.3, 0.4) is 0 Å². The maximum atomic E-state index is 12.8. The highest BCUT2D eigenvalue weighted by molar-refractivity contribution is 5.96. The largest absolute Gasteiger partial charge is 0.508 e. The molecule has 11 N–H and O–H groups in total. The van der Waals surface area contributed by atoms with Crippen molar-refractivity contribution in [2.45, 2.75) is 50.4 Å². The number of aliphatic carboxylic acids is 1. The zero-order valence-electron chi connectivity index (χ0n) is 18.3. The molecule has 14 heteroatoms. The van der Waals surface area contributed by atoms with Gasteiger partial charge in [-0.3, -0.25) is 28.8 Å². The lowest BCUT2D eigenvalue weighted by molar-refractivity contribution is -0.142. The Morgan fingerprint density at radius 3 is 1.82 bits per heavy atom. The van der Waals surface area contributed by atoms with Crippen molar-refractivity contribution >= 4 is 35.5 Å². The molecule has 1 rings (SSSR count). The van der Waals surface area contributed by atoms with Gasteiger partial charge >= 0.3 is 5.97 Å². The summed E-state index contributed by atoms with van der Waals surface area (Å²) in [5, 5.41) is 25.2. The van der Waals surface area contributed by atoms with Gasteiger partial charge in [0.1, 0.15) is 23.9 Å². The Hall–Kier alpha value is -4.20. The summed E-state index contributed by atoms with van der Waals surface area (Å²) in [5.41, 5.74) is 16.2. The molecule has 4 atom stereocenters. The van der Waals surface area contributed by atoms with Crippen LogP contribution in [0.1, 0.15) is 25.3 Å². The lowest BCUT2D eigenvalue weighted by atomic mass is 10.0. The minimum absolute atomic E-state index is 0.0372. The molecule has 0 heterocycles. The first-order valence-electron chi connectivity index (χ1n) is 10.0. The van der Waals surface area contributed by atoms with E-state index in [4.69, 9.17) is 22.3 Å². The predicted molar refractivity (Wildman–Crippen MR) is 117 cm³/mol. The molecule has 0 saturated heterocycles. The first kappa shape index (κ1) is 27.8. The fourth-order valence-electron chi connectivity index (χ4n) is 2.72. The fraction of sp³-hybridized carbons (Fsp3) is 0.400. The highest BCUT2D eigenvalue weighted by atomic mass is 16.4. The van der Waals surface area contributed by atoms with E-state index < -0.39 is 72.5 Å². The molecule has 1 aromatic rings. The second-order valence-corrected chi connectivity index (χ2v) is 7.51. The Labute approximate surface area is 194 Å². The van der Waals surface area contributed by atoms with E-state index in [0.717, 1.165) is 0 Å². The van der Waals surface area contributed by atoms with E-state index in [1.165, 1.54) is 31.2 Å². The molecule has 0 aliphatic rings. The molecule has 0 radical (unpaired) electrons. The van der Waals surface area contributed by atoms with E-state index in [9.17, 15) is 33.9 Å². The lowest BCUT2D eigenvalue weighted by Gasteiger charge is -2.24. The summed E-state index contributed by atoms with van der Waals surface area (Å²) in [6, 6.07) is 0.112. The number of hydrogen-bond acceptors (Lipinski definition) is 8. The number of amides is 5. The molecule has 0 bridgehead atoms. The number of carboxylic acid groups (broad SMARTS) is 1. The van der Waals surface area contributed by atoms with E-state index in [1.807, 2.05) is 0 Å². The van der Waals surface area contributed by atoms with Crippen molar-refractivity contribution in [3.8, 4) is 5.75 Å². The lowest BCUT2D eigenvalue weighted by Crippen LogP contribution is -2.58. The molecule has 14 nitrogen and oxygen atoms in total. The van der Waals surface area contributed by atoms with E-state index in [1.54, 1.807) is 0 Å². The number of benzene rings is 1. The highest BCUT2D eigenvalue weighted by Gasteiger charge is 2.30. The smallest absolute Gasteiger partial charge is 0.325 e. The van der Waals surface area contributed by atoms with Crippen LogP contribution >= 0.6 is 0 Å². The fourth-order valence-corrected chi connectivity index (χ4v) is 2.72. The van der Waals surface area contributed by atoms with Gasteiger partial charge in [0.25, 0.3) is 0 Å². The summed E-state index contributed by atoms with van der Waals surface area (Å²) in [5.74, 6) is -5.97. The van der Waals surface area contributed by atoms with Crippen LogP contribution < -0.4 is 33.2 Å². The van der Waals surface area contributed by atoms with Gasteiger partial charge in [-0.15, -0.1) is 0 Å². The van der Waals surface area contributed by atoms with Gasteiger partial charge in [-0.05, 0) is 24.6 Å². The van der Waals surface area contributed by atoms with Crippen LogP contribution in [0.5, 0.6) is 5.75 Å². The zero-order valence-corrected chi connectivity index (χ0v) is 18.3. The van der Waals surface area contributed by atoms with E-state index in [0.29, 0.717) is 5.56 Å². The summed E-state index contributed by atoms with van der Waals surface area (Å²) in [6.45, 7) is 1.22. The van der Waals surface area contributed by atoms with Crippen molar-refractivity contribution in [3.63, 3.8) is 0 Å². The molecule has 34 heavy (non-hydrogen) atoms. The number of primary amides is 2. The van der Waals surface area contributed by atoms with Gasteiger partial charge in [-0.2, -0.15) is 0 Å². The Kier molecular flexibility index (Phi) is 10.4. The van der Waals surface area contributed by atoms with Crippen molar-refractivity contribution in [1.82, 2.24) is 16.0 Å². The first-order valence-corrected chi connectivity index (χ1v) is 10.0. The van der Waals surface area contributed by atoms with E-state index in [2.05, 4.69) is 16.0 Å². The number of phenolic OH excluding ortho intramolecular Hbond substituents is 1. The molecule has 0 saturated carbocycles. The summed E-state index contributed by atoms with van der Waals surface area (Å²) in [6.07, 6.45) is -1.29. The van der Waals surface area contributed by atoms with Crippen molar-refractivity contribution in [3.05, 3.63) is 29.8 Å². The maximum absolute atomic E-state index is 12.8. The molecule has 0 aliphatic carbocycles. The van der Waals surface area contributed by atoms with Crippen LogP contribution in [-0.4, -0.2) is 69.9 Å². The van der Waals surface area contributed by atoms with Crippen LogP contribution in [0.25, 0.3) is 0 Å². The molecule has 0 fully saturated rings. The maximum Gasteiger partial charge on any atom is 0.325 e. The van der Waals surface area contributed by atoms with Crippen LogP contribution in [0.2, 0.25) is 0 Å². The topological polar surface area (TPSA) is 257 Å². The highest BCUT2D eigenvalue weighted by Crippen LogP contribution is 2.12. The third kappa shape index (κ3) is 9.52. The van der Waals surface area contributed by atoms with Gasteiger partial charge < -0.3 is 43.4 Å². The number of nitrogens with two attached hydrogens (primary N) is 3. The molecular weight excluding hydrogens is 452 g/mol. The SMILES string of the molecule is CC(NC(=O)C(Cc1ccc(O)cc1)NC(=O)C(CC(N)=O)NC(=O)C(N)CC(N)=O)C(=O)O. The average Bonchev–Trinajstić information content (AvgIpc) is 2.73. The van der Waals surface area contributed by atoms with E-state index in [-0.39, 0.29) is 12.2 Å². The number of carbonyl (C=O) groups is 6. The van der Waals surface area contributed by atoms with Gasteiger partial charge in [-0.1, -0.05) is 12.1 Å². The summed E-state index contributed by atoms with van der Waals surface area (Å²) >= 11 is 0. The molecule has 0 aliphatic heterocycles. The Morgan fingerprint density at radius 2 is 1.32 bits per heavy atom. The van der Waals surface area contributed by atoms with E-state index >= 15 is 0 Å². The second-order valence-electron chi connectivity index (χ2n) is 7.51. The molecule has 5 amide bonds. The van der Waals surface area contributed by atoms with Gasteiger partial charge in [-0.25, -0.2) is 0 Å². The zero-order chi connectivity index (χ0) is 26.0. The standard InChI is InChI=1S/C20H28N6O8/c1-9(20(33)34)24-18(31)13(6-10-2-4-11(27)5-3-10)26-19(32)14(8-16(23)29)25-17(30)12(21)7-15(22)28/h2-5,9,12-14,27H,6-8,21H2,1H3,(H2,22,28)(H2,23,29)(H,24,31)(H,25,30)(H,26,32)(H,33,34). The normalized spacial score (nSPS) is 14.1. The number of nitrogens with one attached hydrogen (secondary N) is 3.